The van der Waals surface area contributed by atoms with Crippen LogP contribution in [-0.2, 0) is 14.2 Å². The quantitative estimate of drug-likeness (QED) is 0.545. The summed E-state index contributed by atoms with van der Waals surface area (Å²) in [6.07, 6.45) is 5.77. The second-order valence-electron chi connectivity index (χ2n) is 3.19. The van der Waals surface area contributed by atoms with E-state index in [4.69, 9.17) is 14.2 Å². The molecule has 0 amide bonds. The van der Waals surface area contributed by atoms with E-state index in [1.165, 1.54) is 6.42 Å². The number of methoxy groups -OCH3 is 1. The van der Waals surface area contributed by atoms with Crippen LogP contribution < -0.4 is 0 Å². The lowest BCUT2D eigenvalue weighted by molar-refractivity contribution is -0.0882. The molecule has 0 aromatic rings. The van der Waals surface area contributed by atoms with Crippen molar-refractivity contribution in [2.45, 2.75) is 25.4 Å². The van der Waals surface area contributed by atoms with Crippen LogP contribution in [0.15, 0.2) is 10.6 Å². The molecular weight excluding hydrogens is 248 g/mol. The topological polar surface area (TPSA) is 27.7 Å². The molecule has 4 heteroatoms. The Labute approximate surface area is 93.5 Å². The molecule has 1 atom stereocenters. The van der Waals surface area contributed by atoms with Crippen molar-refractivity contribution in [3.63, 3.8) is 0 Å². The molecule has 0 N–H and O–H groups in total. The van der Waals surface area contributed by atoms with Gasteiger partial charge in [0.05, 0.1) is 19.3 Å². The molecule has 82 valence electrons. The lowest BCUT2D eigenvalue weighted by atomic mass is 10.1. The summed E-state index contributed by atoms with van der Waals surface area (Å²) in [5.74, 6) is 0. The minimum atomic E-state index is 0.186. The molecule has 0 saturated heterocycles. The summed E-state index contributed by atoms with van der Waals surface area (Å²) in [5.41, 5.74) is 0. The molecule has 0 aliphatic heterocycles. The van der Waals surface area contributed by atoms with Gasteiger partial charge in [-0.05, 0) is 19.3 Å². The molecule has 0 aromatic heterocycles. The fourth-order valence-electron chi connectivity index (χ4n) is 1.31. The Kier molecular flexibility index (Phi) is 6.43. The van der Waals surface area contributed by atoms with Gasteiger partial charge in [-0.25, -0.2) is 0 Å². The number of halogens is 1. The normalized spacial score (nSPS) is 22.1. The van der Waals surface area contributed by atoms with Gasteiger partial charge in [0.2, 0.25) is 0 Å². The summed E-state index contributed by atoms with van der Waals surface area (Å²) in [7, 11) is 1.66. The fourth-order valence-corrected chi connectivity index (χ4v) is 1.90. The predicted molar refractivity (Wildman–Crippen MR) is 58.4 cm³/mol. The smallest absolute Gasteiger partial charge is 0.147 e. The summed E-state index contributed by atoms with van der Waals surface area (Å²) >= 11 is 3.49. The Hall–Kier alpha value is 0.100. The fraction of sp³-hybridized carbons (Fsp3) is 0.800. The molecule has 0 aromatic carbocycles. The monoisotopic (exact) mass is 264 g/mol. The number of hydrogen-bond donors (Lipinski definition) is 0. The van der Waals surface area contributed by atoms with Crippen molar-refractivity contribution in [1.29, 1.82) is 0 Å². The van der Waals surface area contributed by atoms with Crippen molar-refractivity contribution in [3.05, 3.63) is 10.6 Å². The molecule has 0 bridgehead atoms. The van der Waals surface area contributed by atoms with Gasteiger partial charge in [0.15, 0.2) is 0 Å². The van der Waals surface area contributed by atoms with Crippen molar-refractivity contribution in [1.82, 2.24) is 0 Å². The number of hydrogen-bond acceptors (Lipinski definition) is 3. The average molecular weight is 265 g/mol. The molecule has 1 aliphatic rings. The van der Waals surface area contributed by atoms with Crippen molar-refractivity contribution in [2.24, 2.45) is 0 Å². The van der Waals surface area contributed by atoms with Crippen LogP contribution in [0.4, 0.5) is 0 Å². The van der Waals surface area contributed by atoms with Crippen LogP contribution in [0.5, 0.6) is 0 Å². The lowest BCUT2D eigenvalue weighted by Gasteiger charge is -2.20. The van der Waals surface area contributed by atoms with Crippen molar-refractivity contribution in [2.75, 3.05) is 27.1 Å². The van der Waals surface area contributed by atoms with E-state index in [1.807, 2.05) is 0 Å². The van der Waals surface area contributed by atoms with Crippen molar-refractivity contribution >= 4 is 15.9 Å². The van der Waals surface area contributed by atoms with Gasteiger partial charge in [0.1, 0.15) is 6.79 Å². The minimum absolute atomic E-state index is 0.186. The SMILES string of the molecule is COCCOCO[C@@H]1CCCC=C1Br. The van der Waals surface area contributed by atoms with E-state index in [-0.39, 0.29) is 6.10 Å². The van der Waals surface area contributed by atoms with E-state index in [2.05, 4.69) is 22.0 Å². The molecule has 0 spiro atoms. The van der Waals surface area contributed by atoms with Crippen LogP contribution >= 0.6 is 15.9 Å². The maximum absolute atomic E-state index is 5.55. The van der Waals surface area contributed by atoms with Crippen LogP contribution in [0.25, 0.3) is 0 Å². The highest BCUT2D eigenvalue weighted by Crippen LogP contribution is 2.25. The summed E-state index contributed by atoms with van der Waals surface area (Å²) in [6, 6.07) is 0. The van der Waals surface area contributed by atoms with Crippen molar-refractivity contribution in [3.8, 4) is 0 Å². The molecule has 0 heterocycles. The minimum Gasteiger partial charge on any atom is -0.382 e. The van der Waals surface area contributed by atoms with Crippen LogP contribution in [0.1, 0.15) is 19.3 Å². The Balaban J connectivity index is 2.05. The largest absolute Gasteiger partial charge is 0.382 e. The van der Waals surface area contributed by atoms with E-state index in [1.54, 1.807) is 7.11 Å². The maximum atomic E-state index is 5.55. The molecule has 14 heavy (non-hydrogen) atoms. The molecule has 0 fully saturated rings. The molecular formula is C10H17BrO3. The third-order valence-corrected chi connectivity index (χ3v) is 2.94. The van der Waals surface area contributed by atoms with E-state index < -0.39 is 0 Å². The molecule has 0 radical (unpaired) electrons. The Morgan fingerprint density at radius 2 is 2.36 bits per heavy atom. The zero-order valence-electron chi connectivity index (χ0n) is 8.50. The predicted octanol–water partition coefficient (Wildman–Crippen LogP) is 2.45. The second kappa shape index (κ2) is 7.40. The van der Waals surface area contributed by atoms with Crippen LogP contribution in [0.2, 0.25) is 0 Å². The van der Waals surface area contributed by atoms with Gasteiger partial charge in [-0.3, -0.25) is 0 Å². The van der Waals surface area contributed by atoms with Gasteiger partial charge in [-0.15, -0.1) is 0 Å². The summed E-state index contributed by atoms with van der Waals surface area (Å²) in [6.45, 7) is 1.55. The molecule has 3 nitrogen and oxygen atoms in total. The number of rotatable bonds is 6. The Morgan fingerprint density at radius 3 is 3.07 bits per heavy atom. The van der Waals surface area contributed by atoms with E-state index in [0.717, 1.165) is 17.3 Å². The lowest BCUT2D eigenvalue weighted by Crippen LogP contribution is -2.18. The van der Waals surface area contributed by atoms with Gasteiger partial charge in [-0.1, -0.05) is 22.0 Å². The zero-order chi connectivity index (χ0) is 10.2. The van der Waals surface area contributed by atoms with Crippen molar-refractivity contribution < 1.29 is 14.2 Å². The summed E-state index contributed by atoms with van der Waals surface area (Å²) < 4.78 is 16.8. The average Bonchev–Trinajstić information content (AvgIpc) is 2.20. The summed E-state index contributed by atoms with van der Waals surface area (Å²) in [5, 5.41) is 0. The van der Waals surface area contributed by atoms with Crippen LogP contribution in [0, 0.1) is 0 Å². The van der Waals surface area contributed by atoms with Crippen LogP contribution in [-0.4, -0.2) is 33.2 Å². The molecule has 0 unspecified atom stereocenters. The van der Waals surface area contributed by atoms with Gasteiger partial charge in [0, 0.05) is 11.6 Å². The van der Waals surface area contributed by atoms with Gasteiger partial charge >= 0.3 is 0 Å². The van der Waals surface area contributed by atoms with E-state index in [9.17, 15) is 0 Å². The first kappa shape index (κ1) is 12.2. The molecule has 1 aliphatic carbocycles. The van der Waals surface area contributed by atoms with Gasteiger partial charge in [-0.2, -0.15) is 0 Å². The zero-order valence-corrected chi connectivity index (χ0v) is 10.1. The Morgan fingerprint density at radius 1 is 1.50 bits per heavy atom. The molecule has 1 rings (SSSR count). The highest BCUT2D eigenvalue weighted by Gasteiger charge is 2.15. The van der Waals surface area contributed by atoms with Gasteiger partial charge < -0.3 is 14.2 Å². The third-order valence-electron chi connectivity index (χ3n) is 2.10. The first-order chi connectivity index (χ1) is 6.84. The highest BCUT2D eigenvalue weighted by molar-refractivity contribution is 9.11. The second-order valence-corrected chi connectivity index (χ2v) is 4.11. The van der Waals surface area contributed by atoms with Crippen LogP contribution in [0.3, 0.4) is 0 Å². The third kappa shape index (κ3) is 4.55. The first-order valence-corrected chi connectivity index (χ1v) is 5.67. The Bertz CT molecular complexity index is 182. The molecule has 0 saturated carbocycles. The maximum Gasteiger partial charge on any atom is 0.147 e. The number of ether oxygens (including phenoxy) is 3. The standard InChI is InChI=1S/C10H17BrO3/c1-12-6-7-13-8-14-10-5-3-2-4-9(10)11/h4,10H,2-3,5-8H2,1H3/t10-/m1/s1. The first-order valence-electron chi connectivity index (χ1n) is 4.88. The van der Waals surface area contributed by atoms with Gasteiger partial charge in [0.25, 0.3) is 0 Å². The van der Waals surface area contributed by atoms with E-state index >= 15 is 0 Å². The number of allylic oxidation sites excluding steroid dienone is 1. The summed E-state index contributed by atoms with van der Waals surface area (Å²) in [4.78, 5) is 0. The highest BCUT2D eigenvalue weighted by atomic mass is 79.9. The van der Waals surface area contributed by atoms with E-state index in [0.29, 0.717) is 20.0 Å².